The van der Waals surface area contributed by atoms with Gasteiger partial charge in [0, 0.05) is 5.88 Å². The first-order valence-corrected chi connectivity index (χ1v) is 7.78. The number of hydrogen-bond acceptors (Lipinski definition) is 0. The van der Waals surface area contributed by atoms with Crippen LogP contribution in [0, 0.1) is 5.41 Å². The molecule has 1 heteroatoms. The summed E-state index contributed by atoms with van der Waals surface area (Å²) in [4.78, 5) is 0. The van der Waals surface area contributed by atoms with Gasteiger partial charge < -0.3 is 0 Å². The van der Waals surface area contributed by atoms with Gasteiger partial charge in [0.1, 0.15) is 0 Å². The van der Waals surface area contributed by atoms with Crippen LogP contribution < -0.4 is 0 Å². The minimum Gasteiger partial charge on any atom is -0.126 e. The molecule has 0 nitrogen and oxygen atoms in total. The average Bonchev–Trinajstić information content (AvgIpc) is 2.32. The Morgan fingerprint density at radius 1 is 0.812 bits per heavy atom. The fourth-order valence-corrected chi connectivity index (χ4v) is 2.35. The molecule has 0 bridgehead atoms. The highest BCUT2D eigenvalue weighted by atomic mass is 35.5. The molecule has 98 valence electrons. The quantitative estimate of drug-likeness (QED) is 0.302. The molecular formula is C15H31Cl. The summed E-state index contributed by atoms with van der Waals surface area (Å²) in [5.74, 6) is 0.819. The van der Waals surface area contributed by atoms with Crippen molar-refractivity contribution in [3.63, 3.8) is 0 Å². The summed E-state index contributed by atoms with van der Waals surface area (Å²) in [6.07, 6.45) is 13.8. The topological polar surface area (TPSA) is 0 Å². The van der Waals surface area contributed by atoms with Gasteiger partial charge in [-0.05, 0) is 18.3 Å². The van der Waals surface area contributed by atoms with Crippen LogP contribution in [0.2, 0.25) is 0 Å². The molecule has 1 atom stereocenters. The van der Waals surface area contributed by atoms with Crippen LogP contribution in [-0.2, 0) is 0 Å². The van der Waals surface area contributed by atoms with Crippen molar-refractivity contribution in [2.75, 3.05) is 5.88 Å². The zero-order valence-corrected chi connectivity index (χ0v) is 12.4. The monoisotopic (exact) mass is 246 g/mol. The fourth-order valence-electron chi connectivity index (χ4n) is 2.02. The van der Waals surface area contributed by atoms with Gasteiger partial charge in [0.2, 0.25) is 0 Å². The van der Waals surface area contributed by atoms with Gasteiger partial charge in [-0.2, -0.15) is 0 Å². The average molecular weight is 247 g/mol. The van der Waals surface area contributed by atoms with Gasteiger partial charge in [-0.3, -0.25) is 0 Å². The molecule has 1 unspecified atom stereocenters. The molecule has 0 saturated carbocycles. The van der Waals surface area contributed by atoms with Crippen LogP contribution in [0.15, 0.2) is 0 Å². The fraction of sp³-hybridized carbons (Fsp3) is 1.00. The molecule has 0 aliphatic carbocycles. The van der Waals surface area contributed by atoms with E-state index in [0.717, 1.165) is 5.88 Å². The number of alkyl halides is 1. The third-order valence-electron chi connectivity index (χ3n) is 3.81. The largest absolute Gasteiger partial charge is 0.126 e. The molecule has 0 radical (unpaired) electrons. The molecule has 0 spiro atoms. The van der Waals surface area contributed by atoms with Crippen molar-refractivity contribution < 1.29 is 0 Å². The minimum atomic E-state index is 0.393. The van der Waals surface area contributed by atoms with Gasteiger partial charge in [0.05, 0.1) is 0 Å². The molecule has 0 saturated heterocycles. The second-order valence-corrected chi connectivity index (χ2v) is 5.79. The number of halogens is 1. The van der Waals surface area contributed by atoms with Crippen LogP contribution in [0.25, 0.3) is 0 Å². The number of rotatable bonds is 11. The highest BCUT2D eigenvalue weighted by molar-refractivity contribution is 6.18. The Morgan fingerprint density at radius 2 is 1.31 bits per heavy atom. The van der Waals surface area contributed by atoms with E-state index in [-0.39, 0.29) is 0 Å². The zero-order chi connectivity index (χ0) is 12.3. The second-order valence-electron chi connectivity index (χ2n) is 5.52. The van der Waals surface area contributed by atoms with Crippen LogP contribution >= 0.6 is 11.6 Å². The van der Waals surface area contributed by atoms with Crippen molar-refractivity contribution in [3.05, 3.63) is 0 Å². The summed E-state index contributed by atoms with van der Waals surface area (Å²) in [6, 6.07) is 0. The van der Waals surface area contributed by atoms with Crippen molar-refractivity contribution in [2.45, 2.75) is 85.0 Å². The van der Waals surface area contributed by atoms with E-state index in [1.54, 1.807) is 0 Å². The molecule has 0 aliphatic rings. The van der Waals surface area contributed by atoms with Crippen molar-refractivity contribution >= 4 is 11.6 Å². The normalized spacial score (nSPS) is 15.0. The second kappa shape index (κ2) is 10.4. The molecular weight excluding hydrogens is 216 g/mol. The first-order valence-electron chi connectivity index (χ1n) is 7.24. The van der Waals surface area contributed by atoms with E-state index in [9.17, 15) is 0 Å². The van der Waals surface area contributed by atoms with Crippen LogP contribution in [-0.4, -0.2) is 5.88 Å². The third kappa shape index (κ3) is 8.44. The minimum absolute atomic E-state index is 0.393. The maximum atomic E-state index is 6.01. The van der Waals surface area contributed by atoms with E-state index < -0.39 is 0 Å². The molecule has 0 aromatic rings. The van der Waals surface area contributed by atoms with Crippen molar-refractivity contribution in [1.82, 2.24) is 0 Å². The summed E-state index contributed by atoms with van der Waals surface area (Å²) in [6.45, 7) is 6.85. The molecule has 16 heavy (non-hydrogen) atoms. The Kier molecular flexibility index (Phi) is 10.6. The van der Waals surface area contributed by atoms with Crippen LogP contribution in [0.5, 0.6) is 0 Å². The summed E-state index contributed by atoms with van der Waals surface area (Å²) in [5, 5.41) is 0. The molecule has 0 aromatic carbocycles. The van der Waals surface area contributed by atoms with Crippen LogP contribution in [0.4, 0.5) is 0 Å². The zero-order valence-electron chi connectivity index (χ0n) is 11.7. The summed E-state index contributed by atoms with van der Waals surface area (Å²) in [7, 11) is 0. The van der Waals surface area contributed by atoms with Crippen LogP contribution in [0.1, 0.15) is 85.0 Å². The van der Waals surface area contributed by atoms with Crippen molar-refractivity contribution in [1.29, 1.82) is 0 Å². The highest BCUT2D eigenvalue weighted by Gasteiger charge is 2.19. The lowest BCUT2D eigenvalue weighted by molar-refractivity contribution is 0.312. The van der Waals surface area contributed by atoms with E-state index in [4.69, 9.17) is 11.6 Å². The van der Waals surface area contributed by atoms with E-state index in [1.165, 1.54) is 64.2 Å². The Hall–Kier alpha value is 0.290. The van der Waals surface area contributed by atoms with E-state index >= 15 is 0 Å². The van der Waals surface area contributed by atoms with Crippen LogP contribution in [0.3, 0.4) is 0 Å². The van der Waals surface area contributed by atoms with Gasteiger partial charge in [-0.15, -0.1) is 11.6 Å². The molecule has 0 aliphatic heterocycles. The number of hydrogen-bond donors (Lipinski definition) is 0. The molecule has 0 aromatic heterocycles. The van der Waals surface area contributed by atoms with E-state index in [2.05, 4.69) is 20.8 Å². The first kappa shape index (κ1) is 16.3. The molecule has 0 amide bonds. The first-order chi connectivity index (χ1) is 7.68. The maximum absolute atomic E-state index is 6.01. The van der Waals surface area contributed by atoms with Gasteiger partial charge in [0.15, 0.2) is 0 Å². The molecule has 0 rings (SSSR count). The highest BCUT2D eigenvalue weighted by Crippen LogP contribution is 2.29. The number of unbranched alkanes of at least 4 members (excludes halogenated alkanes) is 7. The third-order valence-corrected chi connectivity index (χ3v) is 4.46. The standard InChI is InChI=1S/C15H31Cl/c1-4-6-7-8-9-10-11-12-13-15(3,5-2)14-16/h4-14H2,1-3H3. The predicted octanol–water partition coefficient (Wildman–Crippen LogP) is 6.17. The lowest BCUT2D eigenvalue weighted by Crippen LogP contribution is -2.16. The van der Waals surface area contributed by atoms with Gasteiger partial charge in [0.25, 0.3) is 0 Å². The lowest BCUT2D eigenvalue weighted by Gasteiger charge is -2.25. The smallest absolute Gasteiger partial charge is 0.0277 e. The Balaban J connectivity index is 3.26. The lowest BCUT2D eigenvalue weighted by atomic mass is 9.84. The van der Waals surface area contributed by atoms with Crippen molar-refractivity contribution in [3.8, 4) is 0 Å². The summed E-state index contributed by atoms with van der Waals surface area (Å²) >= 11 is 6.01. The van der Waals surface area contributed by atoms with E-state index in [0.29, 0.717) is 5.41 Å². The predicted molar refractivity (Wildman–Crippen MR) is 76.3 cm³/mol. The van der Waals surface area contributed by atoms with Gasteiger partial charge >= 0.3 is 0 Å². The maximum Gasteiger partial charge on any atom is 0.0277 e. The Labute approximate surface area is 108 Å². The SMILES string of the molecule is CCCCCCCCCCC(C)(CC)CCl. The molecule has 0 N–H and O–H groups in total. The van der Waals surface area contributed by atoms with Gasteiger partial charge in [-0.25, -0.2) is 0 Å². The summed E-state index contributed by atoms with van der Waals surface area (Å²) < 4.78 is 0. The Morgan fingerprint density at radius 3 is 1.75 bits per heavy atom. The molecule has 0 fully saturated rings. The Bertz CT molecular complexity index is 138. The molecule has 0 heterocycles. The van der Waals surface area contributed by atoms with E-state index in [1.807, 2.05) is 0 Å². The van der Waals surface area contributed by atoms with Gasteiger partial charge in [-0.1, -0.05) is 72.1 Å². The summed E-state index contributed by atoms with van der Waals surface area (Å²) in [5.41, 5.74) is 0.393. The van der Waals surface area contributed by atoms with Crippen molar-refractivity contribution in [2.24, 2.45) is 5.41 Å².